The van der Waals surface area contributed by atoms with Crippen LogP contribution in [0.4, 0.5) is 11.6 Å². The van der Waals surface area contributed by atoms with Gasteiger partial charge in [-0.05, 0) is 26.2 Å². The molecule has 0 aromatic carbocycles. The summed E-state index contributed by atoms with van der Waals surface area (Å²) in [6, 6.07) is 2.71. The molecule has 0 amide bonds. The zero-order valence-electron chi connectivity index (χ0n) is 10.9. The van der Waals surface area contributed by atoms with Gasteiger partial charge in [0.05, 0.1) is 0 Å². The van der Waals surface area contributed by atoms with E-state index in [4.69, 9.17) is 0 Å². The van der Waals surface area contributed by atoms with Crippen LogP contribution in [0.5, 0.6) is 0 Å². The molecule has 0 bridgehead atoms. The van der Waals surface area contributed by atoms with E-state index in [9.17, 15) is 0 Å². The Morgan fingerprint density at radius 1 is 1.28 bits per heavy atom. The number of piperazine rings is 1. The van der Waals surface area contributed by atoms with Gasteiger partial charge in [0.1, 0.15) is 17.5 Å². The lowest BCUT2D eigenvalue weighted by molar-refractivity contribution is 0.444. The van der Waals surface area contributed by atoms with Crippen LogP contribution in [0.25, 0.3) is 0 Å². The van der Waals surface area contributed by atoms with E-state index in [0.29, 0.717) is 6.04 Å². The van der Waals surface area contributed by atoms with Gasteiger partial charge in [-0.2, -0.15) is 0 Å². The van der Waals surface area contributed by atoms with Crippen molar-refractivity contribution in [1.29, 1.82) is 0 Å². The van der Waals surface area contributed by atoms with Crippen molar-refractivity contribution in [2.24, 2.45) is 0 Å². The molecule has 1 saturated carbocycles. The van der Waals surface area contributed by atoms with Crippen LogP contribution in [0.1, 0.15) is 25.1 Å². The Labute approximate surface area is 108 Å². The zero-order chi connectivity index (χ0) is 12.4. The number of hydrogen-bond donors (Lipinski definition) is 2. The molecule has 1 aromatic rings. The topological polar surface area (TPSA) is 53.1 Å². The summed E-state index contributed by atoms with van der Waals surface area (Å²) < 4.78 is 0. The van der Waals surface area contributed by atoms with Gasteiger partial charge in [-0.15, -0.1) is 0 Å². The molecule has 5 heteroatoms. The van der Waals surface area contributed by atoms with Crippen LogP contribution in [-0.2, 0) is 0 Å². The summed E-state index contributed by atoms with van der Waals surface area (Å²) in [6.07, 6.45) is 3.88. The summed E-state index contributed by atoms with van der Waals surface area (Å²) >= 11 is 0. The number of aromatic nitrogens is 2. The van der Waals surface area contributed by atoms with Gasteiger partial charge in [-0.3, -0.25) is 0 Å². The van der Waals surface area contributed by atoms with Gasteiger partial charge in [-0.1, -0.05) is 0 Å². The molecule has 2 aliphatic rings. The fourth-order valence-electron chi connectivity index (χ4n) is 2.44. The van der Waals surface area contributed by atoms with Gasteiger partial charge >= 0.3 is 0 Å². The molecule has 3 rings (SSSR count). The number of anilines is 2. The van der Waals surface area contributed by atoms with Crippen LogP contribution in [0.2, 0.25) is 0 Å². The monoisotopic (exact) mass is 247 g/mol. The van der Waals surface area contributed by atoms with Gasteiger partial charge < -0.3 is 15.5 Å². The predicted molar refractivity (Wildman–Crippen MR) is 73.1 cm³/mol. The van der Waals surface area contributed by atoms with Crippen molar-refractivity contribution >= 4 is 11.6 Å². The minimum Gasteiger partial charge on any atom is -0.367 e. The Morgan fingerprint density at radius 2 is 2.06 bits per heavy atom. The SMILES string of the molecule is Cc1nc(NC2CCC2)cc(N2CCNCC2)n1. The van der Waals surface area contributed by atoms with E-state index in [1.807, 2.05) is 6.92 Å². The first-order valence-corrected chi connectivity index (χ1v) is 6.89. The van der Waals surface area contributed by atoms with Crippen molar-refractivity contribution in [3.8, 4) is 0 Å². The van der Waals surface area contributed by atoms with Gasteiger partial charge in [-0.25, -0.2) is 9.97 Å². The molecular formula is C13H21N5. The standard InChI is InChI=1S/C13H21N5/c1-10-15-12(17-11-3-2-4-11)9-13(16-10)18-7-5-14-6-8-18/h9,11,14H,2-8H2,1H3,(H,15,16,17). The molecule has 0 spiro atoms. The Balaban J connectivity index is 1.75. The van der Waals surface area contributed by atoms with Gasteiger partial charge in [0, 0.05) is 38.3 Å². The highest BCUT2D eigenvalue weighted by Gasteiger charge is 2.19. The molecule has 1 aliphatic carbocycles. The first-order valence-electron chi connectivity index (χ1n) is 6.89. The molecule has 0 atom stereocenters. The molecule has 1 aromatic heterocycles. The molecule has 0 radical (unpaired) electrons. The Bertz CT molecular complexity index is 410. The summed E-state index contributed by atoms with van der Waals surface area (Å²) in [6.45, 7) is 6.10. The lowest BCUT2D eigenvalue weighted by atomic mass is 9.93. The first-order chi connectivity index (χ1) is 8.81. The van der Waals surface area contributed by atoms with Crippen molar-refractivity contribution in [1.82, 2.24) is 15.3 Å². The van der Waals surface area contributed by atoms with E-state index in [1.165, 1.54) is 19.3 Å². The van der Waals surface area contributed by atoms with Crippen LogP contribution in [0.15, 0.2) is 6.07 Å². The van der Waals surface area contributed by atoms with Crippen LogP contribution in [0, 0.1) is 6.92 Å². The third kappa shape index (κ3) is 2.56. The Hall–Kier alpha value is -1.36. The largest absolute Gasteiger partial charge is 0.367 e. The van der Waals surface area contributed by atoms with E-state index >= 15 is 0 Å². The normalized spacial score (nSPS) is 20.6. The third-order valence-corrected chi connectivity index (χ3v) is 3.72. The van der Waals surface area contributed by atoms with Crippen molar-refractivity contribution in [2.75, 3.05) is 36.4 Å². The molecule has 5 nitrogen and oxygen atoms in total. The fraction of sp³-hybridized carbons (Fsp3) is 0.692. The maximum Gasteiger partial charge on any atom is 0.134 e. The molecule has 1 saturated heterocycles. The molecule has 1 aliphatic heterocycles. The zero-order valence-corrected chi connectivity index (χ0v) is 10.9. The first kappa shape index (κ1) is 11.7. The second-order valence-corrected chi connectivity index (χ2v) is 5.17. The quantitative estimate of drug-likeness (QED) is 0.839. The molecule has 2 N–H and O–H groups in total. The molecule has 2 fully saturated rings. The van der Waals surface area contributed by atoms with E-state index in [2.05, 4.69) is 31.6 Å². The van der Waals surface area contributed by atoms with Crippen molar-refractivity contribution < 1.29 is 0 Å². The minimum atomic E-state index is 0.621. The highest BCUT2D eigenvalue weighted by Crippen LogP contribution is 2.24. The van der Waals surface area contributed by atoms with Gasteiger partial charge in [0.15, 0.2) is 0 Å². The molecular weight excluding hydrogens is 226 g/mol. The summed E-state index contributed by atoms with van der Waals surface area (Å²) in [5, 5.41) is 6.87. The molecule has 98 valence electrons. The smallest absolute Gasteiger partial charge is 0.134 e. The Kier molecular flexibility index (Phi) is 3.32. The summed E-state index contributed by atoms with van der Waals surface area (Å²) in [7, 11) is 0. The number of rotatable bonds is 3. The van der Waals surface area contributed by atoms with Crippen LogP contribution in [0.3, 0.4) is 0 Å². The second kappa shape index (κ2) is 5.10. The van der Waals surface area contributed by atoms with Crippen LogP contribution >= 0.6 is 0 Å². The Morgan fingerprint density at radius 3 is 2.72 bits per heavy atom. The summed E-state index contributed by atoms with van der Waals surface area (Å²) in [5.41, 5.74) is 0. The van der Waals surface area contributed by atoms with Crippen LogP contribution in [-0.4, -0.2) is 42.2 Å². The highest BCUT2D eigenvalue weighted by atomic mass is 15.2. The lowest BCUT2D eigenvalue weighted by Gasteiger charge is -2.30. The maximum absolute atomic E-state index is 4.56. The molecule has 18 heavy (non-hydrogen) atoms. The van der Waals surface area contributed by atoms with Crippen molar-refractivity contribution in [2.45, 2.75) is 32.2 Å². The highest BCUT2D eigenvalue weighted by molar-refractivity contribution is 5.50. The number of aryl methyl sites for hydroxylation is 1. The van der Waals surface area contributed by atoms with Crippen molar-refractivity contribution in [3.63, 3.8) is 0 Å². The van der Waals surface area contributed by atoms with Crippen LogP contribution < -0.4 is 15.5 Å². The predicted octanol–water partition coefficient (Wildman–Crippen LogP) is 1.16. The van der Waals surface area contributed by atoms with Crippen molar-refractivity contribution in [3.05, 3.63) is 11.9 Å². The summed E-state index contributed by atoms with van der Waals surface area (Å²) in [5.74, 6) is 2.90. The van der Waals surface area contributed by atoms with E-state index in [1.54, 1.807) is 0 Å². The van der Waals surface area contributed by atoms with E-state index in [0.717, 1.165) is 43.6 Å². The maximum atomic E-state index is 4.56. The van der Waals surface area contributed by atoms with E-state index < -0.39 is 0 Å². The lowest BCUT2D eigenvalue weighted by Crippen LogP contribution is -2.44. The summed E-state index contributed by atoms with van der Waals surface area (Å²) in [4.78, 5) is 11.4. The third-order valence-electron chi connectivity index (χ3n) is 3.72. The average Bonchev–Trinajstić information content (AvgIpc) is 2.34. The van der Waals surface area contributed by atoms with E-state index in [-0.39, 0.29) is 0 Å². The number of nitrogens with one attached hydrogen (secondary N) is 2. The van der Waals surface area contributed by atoms with Gasteiger partial charge in [0.25, 0.3) is 0 Å². The van der Waals surface area contributed by atoms with Gasteiger partial charge in [0.2, 0.25) is 0 Å². The average molecular weight is 247 g/mol. The second-order valence-electron chi connectivity index (χ2n) is 5.17. The number of hydrogen-bond acceptors (Lipinski definition) is 5. The fourth-order valence-corrected chi connectivity index (χ4v) is 2.44. The number of nitrogens with zero attached hydrogens (tertiary/aromatic N) is 3. The molecule has 2 heterocycles. The minimum absolute atomic E-state index is 0.621. The molecule has 0 unspecified atom stereocenters.